The van der Waals surface area contributed by atoms with Crippen molar-refractivity contribution in [2.45, 2.75) is 17.9 Å². The van der Waals surface area contributed by atoms with Crippen molar-refractivity contribution in [1.82, 2.24) is 4.72 Å². The minimum atomic E-state index is -4.00. The van der Waals surface area contributed by atoms with Crippen molar-refractivity contribution >= 4 is 43.2 Å². The van der Waals surface area contributed by atoms with E-state index in [1.165, 1.54) is 6.07 Å². The molecule has 1 atom stereocenters. The Kier molecular flexibility index (Phi) is 5.41. The first-order valence-electron chi connectivity index (χ1n) is 6.42. The van der Waals surface area contributed by atoms with Gasteiger partial charge in [0.05, 0.1) is 9.95 Å². The lowest BCUT2D eigenvalue weighted by molar-refractivity contribution is -0.385. The van der Waals surface area contributed by atoms with Crippen LogP contribution in [-0.4, -0.2) is 13.3 Å². The van der Waals surface area contributed by atoms with Gasteiger partial charge in [-0.25, -0.2) is 13.1 Å². The molecule has 1 unspecified atom stereocenters. The largest absolute Gasteiger partial charge is 0.270 e. The molecule has 2 aromatic carbocycles. The van der Waals surface area contributed by atoms with Crippen LogP contribution in [0.3, 0.4) is 0 Å². The number of nitrogens with zero attached hydrogens (tertiary/aromatic N) is 1. The van der Waals surface area contributed by atoms with Gasteiger partial charge in [0, 0.05) is 22.6 Å². The van der Waals surface area contributed by atoms with E-state index in [4.69, 9.17) is 11.6 Å². The second-order valence-electron chi connectivity index (χ2n) is 4.77. The van der Waals surface area contributed by atoms with Crippen LogP contribution in [0.4, 0.5) is 5.69 Å². The minimum Gasteiger partial charge on any atom is -0.258 e. The molecule has 2 aromatic rings. The third-order valence-corrected chi connectivity index (χ3v) is 5.67. The third kappa shape index (κ3) is 4.29. The van der Waals surface area contributed by atoms with Gasteiger partial charge >= 0.3 is 0 Å². The van der Waals surface area contributed by atoms with E-state index in [0.29, 0.717) is 0 Å². The fourth-order valence-corrected chi connectivity index (χ4v) is 3.94. The summed E-state index contributed by atoms with van der Waals surface area (Å²) in [6, 6.07) is 9.89. The summed E-state index contributed by atoms with van der Waals surface area (Å²) in [6.07, 6.45) is 0. The van der Waals surface area contributed by atoms with Crippen molar-refractivity contribution < 1.29 is 13.3 Å². The second kappa shape index (κ2) is 6.96. The van der Waals surface area contributed by atoms with Crippen LogP contribution in [0.15, 0.2) is 51.8 Å². The van der Waals surface area contributed by atoms with Crippen LogP contribution in [0.5, 0.6) is 0 Å². The van der Waals surface area contributed by atoms with Crippen LogP contribution in [-0.2, 0) is 10.0 Å². The van der Waals surface area contributed by atoms with Crippen LogP contribution >= 0.6 is 27.5 Å². The van der Waals surface area contributed by atoms with Gasteiger partial charge in [0.1, 0.15) is 4.90 Å². The van der Waals surface area contributed by atoms with Gasteiger partial charge in [0.2, 0.25) is 10.0 Å². The van der Waals surface area contributed by atoms with E-state index in [1.807, 2.05) is 0 Å². The number of non-ortho nitro benzene ring substituents is 1. The first-order chi connectivity index (χ1) is 10.7. The minimum absolute atomic E-state index is 0.0777. The van der Waals surface area contributed by atoms with Gasteiger partial charge in [-0.3, -0.25) is 10.1 Å². The topological polar surface area (TPSA) is 89.3 Å². The summed E-state index contributed by atoms with van der Waals surface area (Å²) in [5.74, 6) is 0. The van der Waals surface area contributed by atoms with Gasteiger partial charge in [-0.1, -0.05) is 39.7 Å². The van der Waals surface area contributed by atoms with Crippen molar-refractivity contribution in [2.24, 2.45) is 0 Å². The standard InChI is InChI=1S/C14H12BrClN2O4S/c1-9(10-2-4-11(15)5-3-10)17-23(21,22)14-8-12(18(19)20)6-7-13(14)16/h2-9,17H,1H3. The van der Waals surface area contributed by atoms with Gasteiger partial charge in [0.25, 0.3) is 5.69 Å². The zero-order valence-electron chi connectivity index (χ0n) is 11.9. The summed E-state index contributed by atoms with van der Waals surface area (Å²) in [7, 11) is -4.00. The maximum absolute atomic E-state index is 12.5. The number of nitro benzene ring substituents is 1. The number of nitro groups is 1. The Morgan fingerprint density at radius 2 is 1.83 bits per heavy atom. The van der Waals surface area contributed by atoms with Crippen LogP contribution in [0, 0.1) is 10.1 Å². The molecule has 9 heteroatoms. The van der Waals surface area contributed by atoms with E-state index in [9.17, 15) is 18.5 Å². The van der Waals surface area contributed by atoms with Crippen molar-refractivity contribution in [2.75, 3.05) is 0 Å². The molecule has 0 spiro atoms. The van der Waals surface area contributed by atoms with E-state index in [1.54, 1.807) is 31.2 Å². The maximum Gasteiger partial charge on any atom is 0.270 e. The first-order valence-corrected chi connectivity index (χ1v) is 9.08. The van der Waals surface area contributed by atoms with Crippen LogP contribution in [0.1, 0.15) is 18.5 Å². The average Bonchev–Trinajstić information content (AvgIpc) is 2.47. The fourth-order valence-electron chi connectivity index (χ4n) is 1.93. The highest BCUT2D eigenvalue weighted by molar-refractivity contribution is 9.10. The molecule has 6 nitrogen and oxygen atoms in total. The van der Waals surface area contributed by atoms with E-state index >= 15 is 0 Å². The number of halogens is 2. The number of rotatable bonds is 5. The molecule has 1 N–H and O–H groups in total. The summed E-state index contributed by atoms with van der Waals surface area (Å²) in [5.41, 5.74) is 0.407. The smallest absolute Gasteiger partial charge is 0.258 e. The van der Waals surface area contributed by atoms with Gasteiger partial charge in [-0.15, -0.1) is 0 Å². The average molecular weight is 420 g/mol. The van der Waals surface area contributed by atoms with Gasteiger partial charge in [-0.2, -0.15) is 0 Å². The molecule has 0 saturated carbocycles. The Bertz CT molecular complexity index is 840. The SMILES string of the molecule is CC(NS(=O)(=O)c1cc([N+](=O)[O-])ccc1Cl)c1ccc(Br)cc1. The van der Waals surface area contributed by atoms with Gasteiger partial charge in [-0.05, 0) is 30.7 Å². The lowest BCUT2D eigenvalue weighted by atomic mass is 10.1. The zero-order chi connectivity index (χ0) is 17.2. The summed E-state index contributed by atoms with van der Waals surface area (Å²) in [4.78, 5) is 9.81. The van der Waals surface area contributed by atoms with E-state index < -0.39 is 21.0 Å². The fraction of sp³-hybridized carbons (Fsp3) is 0.143. The quantitative estimate of drug-likeness (QED) is 0.585. The van der Waals surface area contributed by atoms with Crippen molar-refractivity contribution in [1.29, 1.82) is 0 Å². The van der Waals surface area contributed by atoms with Crippen LogP contribution < -0.4 is 4.72 Å². The maximum atomic E-state index is 12.5. The second-order valence-corrected chi connectivity index (χ2v) is 7.77. The monoisotopic (exact) mass is 418 g/mol. The lowest BCUT2D eigenvalue weighted by Gasteiger charge is -2.15. The molecule has 0 bridgehead atoms. The summed E-state index contributed by atoms with van der Waals surface area (Å²) in [6.45, 7) is 1.67. The summed E-state index contributed by atoms with van der Waals surface area (Å²) in [5, 5.41) is 10.7. The number of sulfonamides is 1. The molecule has 0 aliphatic heterocycles. The summed E-state index contributed by atoms with van der Waals surface area (Å²) < 4.78 is 28.2. The molecule has 0 radical (unpaired) electrons. The lowest BCUT2D eigenvalue weighted by Crippen LogP contribution is -2.27. The molecule has 0 aliphatic rings. The van der Waals surface area contributed by atoms with Crippen molar-refractivity contribution in [3.8, 4) is 0 Å². The molecule has 2 rings (SSSR count). The Hall–Kier alpha value is -1.48. The Labute approximate surface area is 146 Å². The van der Waals surface area contributed by atoms with Gasteiger partial charge < -0.3 is 0 Å². The van der Waals surface area contributed by atoms with Crippen molar-refractivity contribution in [3.05, 3.63) is 67.6 Å². The highest BCUT2D eigenvalue weighted by Crippen LogP contribution is 2.27. The number of hydrogen-bond acceptors (Lipinski definition) is 4. The number of benzene rings is 2. The Balaban J connectivity index is 2.33. The van der Waals surface area contributed by atoms with E-state index in [-0.39, 0.29) is 15.6 Å². The van der Waals surface area contributed by atoms with Crippen LogP contribution in [0.25, 0.3) is 0 Å². The molecule has 0 aromatic heterocycles. The highest BCUT2D eigenvalue weighted by Gasteiger charge is 2.23. The zero-order valence-corrected chi connectivity index (χ0v) is 15.0. The molecule has 122 valence electrons. The molecule has 23 heavy (non-hydrogen) atoms. The molecule has 0 fully saturated rings. The normalized spacial score (nSPS) is 12.8. The number of hydrogen-bond donors (Lipinski definition) is 1. The first kappa shape index (κ1) is 17.9. The molecular weight excluding hydrogens is 408 g/mol. The molecule has 0 aliphatic carbocycles. The van der Waals surface area contributed by atoms with E-state index in [0.717, 1.165) is 22.2 Å². The Morgan fingerprint density at radius 3 is 2.39 bits per heavy atom. The third-order valence-electron chi connectivity index (χ3n) is 3.12. The van der Waals surface area contributed by atoms with E-state index in [2.05, 4.69) is 20.7 Å². The van der Waals surface area contributed by atoms with Crippen LogP contribution in [0.2, 0.25) is 5.02 Å². The van der Waals surface area contributed by atoms with Crippen molar-refractivity contribution in [3.63, 3.8) is 0 Å². The molecule has 0 saturated heterocycles. The van der Waals surface area contributed by atoms with Gasteiger partial charge in [0.15, 0.2) is 0 Å². The highest BCUT2D eigenvalue weighted by atomic mass is 79.9. The number of nitrogens with one attached hydrogen (secondary N) is 1. The predicted octanol–water partition coefficient (Wildman–Crippen LogP) is 4.05. The Morgan fingerprint density at radius 1 is 1.22 bits per heavy atom. The predicted molar refractivity (Wildman–Crippen MR) is 91.0 cm³/mol. The molecular formula is C14H12BrClN2O4S. The summed E-state index contributed by atoms with van der Waals surface area (Å²) >= 11 is 9.19. The molecule has 0 amide bonds. The molecule has 0 heterocycles.